The Balaban J connectivity index is 2.25. The second-order valence-corrected chi connectivity index (χ2v) is 7.00. The first-order valence-electron chi connectivity index (χ1n) is 4.89. The van der Waals surface area contributed by atoms with E-state index in [1.54, 1.807) is 12.1 Å². The number of hydrogen-bond donors (Lipinski definition) is 3. The quantitative estimate of drug-likeness (QED) is 0.579. The molecule has 102 valence electrons. The minimum absolute atomic E-state index is 0.0293. The van der Waals surface area contributed by atoms with Gasteiger partial charge in [-0.1, -0.05) is 17.4 Å². The number of carbonyl (C=O) groups excluding carboxylic acids is 1. The van der Waals surface area contributed by atoms with Gasteiger partial charge in [0.2, 0.25) is 0 Å². The van der Waals surface area contributed by atoms with Gasteiger partial charge >= 0.3 is 13.6 Å². The number of hydrogen-bond acceptors (Lipinski definition) is 7. The first kappa shape index (κ1) is 14.2. The standard InChI is InChI=1S/C9H9N2O5PS2/c10-9-11-6(8(12)16-4-17(13,14)15)7(19-9)5-2-1-3-18-5/h1-3H,4H2,(H2,10,11)(H2,13,14,15). The second-order valence-electron chi connectivity index (χ2n) is 3.43. The number of nitrogen functional groups attached to an aromatic ring is 1. The first-order chi connectivity index (χ1) is 8.87. The Labute approximate surface area is 115 Å². The van der Waals surface area contributed by atoms with E-state index >= 15 is 0 Å². The van der Waals surface area contributed by atoms with Gasteiger partial charge in [-0.15, -0.1) is 11.3 Å². The number of nitrogens with zero attached hydrogens (tertiary/aromatic N) is 1. The average Bonchev–Trinajstić information content (AvgIpc) is 2.92. The van der Waals surface area contributed by atoms with Crippen LogP contribution in [0.25, 0.3) is 9.75 Å². The molecule has 0 aliphatic carbocycles. The molecule has 0 aliphatic rings. The van der Waals surface area contributed by atoms with Gasteiger partial charge < -0.3 is 20.3 Å². The third-order valence-electron chi connectivity index (χ3n) is 1.95. The third kappa shape index (κ3) is 3.62. The van der Waals surface area contributed by atoms with Crippen LogP contribution in [0.2, 0.25) is 0 Å². The van der Waals surface area contributed by atoms with Crippen molar-refractivity contribution in [3.05, 3.63) is 23.2 Å². The summed E-state index contributed by atoms with van der Waals surface area (Å²) in [6, 6.07) is 3.60. The molecule has 2 rings (SSSR count). The third-order valence-corrected chi connectivity index (χ3v) is 4.35. The van der Waals surface area contributed by atoms with Gasteiger partial charge in [0.1, 0.15) is 0 Å². The lowest BCUT2D eigenvalue weighted by Crippen LogP contribution is -2.08. The second kappa shape index (κ2) is 5.40. The molecule has 0 fully saturated rings. The molecule has 0 bridgehead atoms. The summed E-state index contributed by atoms with van der Waals surface area (Å²) in [5.74, 6) is -0.903. The lowest BCUT2D eigenvalue weighted by molar-refractivity contribution is 0.0545. The molecule has 7 nitrogen and oxygen atoms in total. The number of ether oxygens (including phenoxy) is 1. The van der Waals surface area contributed by atoms with Crippen LogP contribution in [0.4, 0.5) is 5.13 Å². The number of anilines is 1. The Morgan fingerprint density at radius 2 is 2.26 bits per heavy atom. The summed E-state index contributed by atoms with van der Waals surface area (Å²) in [5, 5.41) is 2.02. The van der Waals surface area contributed by atoms with Crippen molar-refractivity contribution in [3.63, 3.8) is 0 Å². The molecule has 2 aromatic heterocycles. The van der Waals surface area contributed by atoms with Gasteiger partial charge in [-0.3, -0.25) is 4.57 Å². The molecule has 0 unspecified atom stereocenters. The van der Waals surface area contributed by atoms with Crippen LogP contribution in [0.1, 0.15) is 10.5 Å². The van der Waals surface area contributed by atoms with Crippen molar-refractivity contribution < 1.29 is 23.9 Å². The Kier molecular flexibility index (Phi) is 4.02. The summed E-state index contributed by atoms with van der Waals surface area (Å²) in [5.41, 5.74) is 5.53. The van der Waals surface area contributed by atoms with Gasteiger partial charge in [0.25, 0.3) is 0 Å². The summed E-state index contributed by atoms with van der Waals surface area (Å²) in [6.45, 7) is 0. The SMILES string of the molecule is Nc1nc(C(=O)OCP(=O)(O)O)c(-c2cccs2)s1. The van der Waals surface area contributed by atoms with Crippen molar-refractivity contribution in [3.8, 4) is 9.75 Å². The van der Waals surface area contributed by atoms with E-state index in [0.29, 0.717) is 4.88 Å². The van der Waals surface area contributed by atoms with Crippen molar-refractivity contribution in [2.75, 3.05) is 12.1 Å². The predicted molar refractivity (Wildman–Crippen MR) is 72.2 cm³/mol. The number of thiophene rings is 1. The van der Waals surface area contributed by atoms with Crippen molar-refractivity contribution in [1.29, 1.82) is 0 Å². The van der Waals surface area contributed by atoms with E-state index in [9.17, 15) is 9.36 Å². The maximum Gasteiger partial charge on any atom is 0.362 e. The summed E-state index contributed by atoms with van der Waals surface area (Å²) < 4.78 is 15.2. The van der Waals surface area contributed by atoms with Crippen molar-refractivity contribution in [2.45, 2.75) is 0 Å². The highest BCUT2D eigenvalue weighted by atomic mass is 32.1. The van der Waals surface area contributed by atoms with Crippen molar-refractivity contribution in [1.82, 2.24) is 4.98 Å². The fourth-order valence-electron chi connectivity index (χ4n) is 1.26. The summed E-state index contributed by atoms with van der Waals surface area (Å²) in [6.07, 6.45) is -0.979. The number of aromatic nitrogens is 1. The minimum Gasteiger partial charge on any atom is -0.448 e. The van der Waals surface area contributed by atoms with E-state index in [4.69, 9.17) is 15.5 Å². The van der Waals surface area contributed by atoms with Crippen molar-refractivity contribution in [2.24, 2.45) is 0 Å². The van der Waals surface area contributed by atoms with Gasteiger partial charge in [0, 0.05) is 4.88 Å². The van der Waals surface area contributed by atoms with Crippen LogP contribution in [0.15, 0.2) is 17.5 Å². The molecule has 0 saturated heterocycles. The van der Waals surface area contributed by atoms with Gasteiger partial charge in [-0.2, -0.15) is 0 Å². The fraction of sp³-hybridized carbons (Fsp3) is 0.111. The topological polar surface area (TPSA) is 123 Å². The first-order valence-corrected chi connectivity index (χ1v) is 8.38. The molecule has 2 heterocycles. The molecule has 2 aromatic rings. The number of carbonyl (C=O) groups is 1. The van der Waals surface area contributed by atoms with Crippen LogP contribution in [-0.2, 0) is 9.30 Å². The van der Waals surface area contributed by atoms with E-state index in [0.717, 1.165) is 16.2 Å². The maximum atomic E-state index is 11.7. The van der Waals surface area contributed by atoms with Crippen LogP contribution in [0.5, 0.6) is 0 Å². The van der Waals surface area contributed by atoms with Crippen LogP contribution in [0.3, 0.4) is 0 Å². The van der Waals surface area contributed by atoms with Gasteiger partial charge in [-0.25, -0.2) is 9.78 Å². The van der Waals surface area contributed by atoms with E-state index in [2.05, 4.69) is 9.72 Å². The normalized spacial score (nSPS) is 11.5. The number of rotatable bonds is 4. The molecule has 0 aliphatic heterocycles. The van der Waals surface area contributed by atoms with Gasteiger partial charge in [-0.05, 0) is 11.4 Å². The van der Waals surface area contributed by atoms with Crippen LogP contribution < -0.4 is 5.73 Å². The maximum absolute atomic E-state index is 11.7. The lowest BCUT2D eigenvalue weighted by Gasteiger charge is -2.05. The minimum atomic E-state index is -4.40. The van der Waals surface area contributed by atoms with Gasteiger partial charge in [0.15, 0.2) is 17.2 Å². The average molecular weight is 320 g/mol. The van der Waals surface area contributed by atoms with Crippen LogP contribution in [-0.4, -0.2) is 27.1 Å². The Morgan fingerprint density at radius 1 is 1.53 bits per heavy atom. The van der Waals surface area contributed by atoms with Crippen molar-refractivity contribution >= 4 is 41.4 Å². The van der Waals surface area contributed by atoms with Gasteiger partial charge in [0.05, 0.1) is 4.88 Å². The summed E-state index contributed by atoms with van der Waals surface area (Å²) >= 11 is 2.51. The molecule has 0 atom stereocenters. The predicted octanol–water partition coefficient (Wildman–Crippen LogP) is 1.75. The zero-order valence-electron chi connectivity index (χ0n) is 9.35. The smallest absolute Gasteiger partial charge is 0.362 e. The molecular weight excluding hydrogens is 311 g/mol. The Morgan fingerprint density at radius 3 is 2.84 bits per heavy atom. The molecule has 0 amide bonds. The molecule has 19 heavy (non-hydrogen) atoms. The highest BCUT2D eigenvalue weighted by Gasteiger charge is 2.23. The Bertz CT molecular complexity index is 633. The molecular formula is C9H9N2O5PS2. The van der Waals surface area contributed by atoms with E-state index < -0.39 is 19.9 Å². The number of esters is 1. The number of nitrogens with two attached hydrogens (primary N) is 1. The van der Waals surface area contributed by atoms with Crippen LogP contribution in [0, 0.1) is 0 Å². The molecule has 0 aromatic carbocycles. The molecule has 0 radical (unpaired) electrons. The van der Waals surface area contributed by atoms with E-state index in [-0.39, 0.29) is 10.8 Å². The molecule has 0 saturated carbocycles. The summed E-state index contributed by atoms with van der Waals surface area (Å²) in [4.78, 5) is 34.2. The zero-order valence-corrected chi connectivity index (χ0v) is 11.9. The largest absolute Gasteiger partial charge is 0.448 e. The lowest BCUT2D eigenvalue weighted by atomic mass is 10.3. The van der Waals surface area contributed by atoms with E-state index in [1.807, 2.05) is 5.38 Å². The highest BCUT2D eigenvalue weighted by molar-refractivity contribution is 7.51. The number of thiazole rings is 1. The van der Waals surface area contributed by atoms with Crippen LogP contribution >= 0.6 is 30.3 Å². The fourth-order valence-corrected chi connectivity index (χ4v) is 3.22. The molecule has 4 N–H and O–H groups in total. The highest BCUT2D eigenvalue weighted by Crippen LogP contribution is 2.37. The zero-order chi connectivity index (χ0) is 14.0. The summed E-state index contributed by atoms with van der Waals surface area (Å²) in [7, 11) is -4.40. The molecule has 0 spiro atoms. The Hall–Kier alpha value is -1.25. The van der Waals surface area contributed by atoms with E-state index in [1.165, 1.54) is 11.3 Å². The molecule has 10 heteroatoms. The monoisotopic (exact) mass is 320 g/mol.